The molecule has 15 heavy (non-hydrogen) atoms. The summed E-state index contributed by atoms with van der Waals surface area (Å²) in [7, 11) is 0. The summed E-state index contributed by atoms with van der Waals surface area (Å²) < 4.78 is 9.21. The summed E-state index contributed by atoms with van der Waals surface area (Å²) in [4.78, 5) is 31.8. The highest BCUT2D eigenvalue weighted by atomic mass is 16.5. The average molecular weight is 216 g/mol. The van der Waals surface area contributed by atoms with Gasteiger partial charge in [0.25, 0.3) is 0 Å². The van der Waals surface area contributed by atoms with E-state index < -0.39 is 5.97 Å². The largest absolute Gasteiger partial charge is 0.466 e. The molecule has 0 bridgehead atoms. The Morgan fingerprint density at radius 1 is 0.933 bits per heavy atom. The van der Waals surface area contributed by atoms with E-state index in [-0.39, 0.29) is 18.4 Å². The van der Waals surface area contributed by atoms with Crippen LogP contribution in [0.3, 0.4) is 0 Å². The fourth-order valence-electron chi connectivity index (χ4n) is 0.894. The number of hydrogen-bond acceptors (Lipinski definition) is 5. The van der Waals surface area contributed by atoms with Gasteiger partial charge in [-0.1, -0.05) is 0 Å². The molecule has 0 aromatic heterocycles. The monoisotopic (exact) mass is 216 g/mol. The molecule has 0 aromatic rings. The predicted molar refractivity (Wildman–Crippen MR) is 52.1 cm³/mol. The van der Waals surface area contributed by atoms with Crippen LogP contribution in [0.15, 0.2) is 0 Å². The number of carbonyl (C=O) groups excluding carboxylic acids is 3. The SMILES string of the molecule is CC(=O)OCCCCC(=O)COC(C)=O. The Morgan fingerprint density at radius 2 is 1.53 bits per heavy atom. The normalized spacial score (nSPS) is 9.47. The second-order valence-corrected chi connectivity index (χ2v) is 3.12. The molecule has 0 aromatic carbocycles. The van der Waals surface area contributed by atoms with Crippen LogP contribution in [0.1, 0.15) is 33.1 Å². The summed E-state index contributed by atoms with van der Waals surface area (Å²) in [5.41, 5.74) is 0. The molecule has 0 amide bonds. The van der Waals surface area contributed by atoms with E-state index in [1.165, 1.54) is 13.8 Å². The molecule has 0 unspecified atom stereocenters. The van der Waals surface area contributed by atoms with Crippen LogP contribution in [0.25, 0.3) is 0 Å². The third-order valence-electron chi connectivity index (χ3n) is 1.59. The van der Waals surface area contributed by atoms with E-state index in [1.807, 2.05) is 0 Å². The first-order chi connectivity index (χ1) is 7.02. The number of carbonyl (C=O) groups is 3. The number of ether oxygens (including phenoxy) is 2. The van der Waals surface area contributed by atoms with Crippen LogP contribution in [0.2, 0.25) is 0 Å². The van der Waals surface area contributed by atoms with Crippen LogP contribution in [-0.4, -0.2) is 30.9 Å². The van der Waals surface area contributed by atoms with Gasteiger partial charge in [-0.2, -0.15) is 0 Å². The third kappa shape index (κ3) is 10.5. The van der Waals surface area contributed by atoms with Crippen molar-refractivity contribution in [3.8, 4) is 0 Å². The van der Waals surface area contributed by atoms with Crippen LogP contribution in [0.5, 0.6) is 0 Å². The number of ketones is 1. The van der Waals surface area contributed by atoms with Crippen molar-refractivity contribution >= 4 is 17.7 Å². The fraction of sp³-hybridized carbons (Fsp3) is 0.700. The lowest BCUT2D eigenvalue weighted by molar-refractivity contribution is -0.146. The van der Waals surface area contributed by atoms with Gasteiger partial charge in [-0.15, -0.1) is 0 Å². The van der Waals surface area contributed by atoms with E-state index in [1.54, 1.807) is 0 Å². The molecule has 0 fully saturated rings. The van der Waals surface area contributed by atoms with Gasteiger partial charge in [0.1, 0.15) is 6.61 Å². The first kappa shape index (κ1) is 13.6. The molecular formula is C10H16O5. The molecule has 0 saturated carbocycles. The van der Waals surface area contributed by atoms with Crippen LogP contribution >= 0.6 is 0 Å². The lowest BCUT2D eigenvalue weighted by Gasteiger charge is -2.02. The van der Waals surface area contributed by atoms with Crippen LogP contribution in [0.4, 0.5) is 0 Å². The van der Waals surface area contributed by atoms with Crippen molar-refractivity contribution < 1.29 is 23.9 Å². The van der Waals surface area contributed by atoms with Gasteiger partial charge in [0.2, 0.25) is 0 Å². The van der Waals surface area contributed by atoms with Gasteiger partial charge in [0, 0.05) is 20.3 Å². The summed E-state index contributed by atoms with van der Waals surface area (Å²) in [5, 5.41) is 0. The Hall–Kier alpha value is -1.39. The lowest BCUT2D eigenvalue weighted by atomic mass is 10.2. The third-order valence-corrected chi connectivity index (χ3v) is 1.59. The topological polar surface area (TPSA) is 69.7 Å². The molecule has 5 heteroatoms. The standard InChI is InChI=1S/C10H16O5/c1-8(11)14-6-4-3-5-10(13)7-15-9(2)12/h3-7H2,1-2H3. The minimum atomic E-state index is -0.455. The van der Waals surface area contributed by atoms with Crippen LogP contribution < -0.4 is 0 Å². The molecule has 0 aliphatic carbocycles. The Bertz CT molecular complexity index is 234. The Kier molecular flexibility index (Phi) is 7.23. The average Bonchev–Trinajstić information content (AvgIpc) is 2.13. The maximum absolute atomic E-state index is 11.1. The van der Waals surface area contributed by atoms with Crippen LogP contribution in [-0.2, 0) is 23.9 Å². The molecule has 0 heterocycles. The van der Waals surface area contributed by atoms with E-state index in [9.17, 15) is 14.4 Å². The highest BCUT2D eigenvalue weighted by Gasteiger charge is 2.03. The summed E-state index contributed by atoms with van der Waals surface area (Å²) in [6.07, 6.45) is 1.62. The van der Waals surface area contributed by atoms with Crippen molar-refractivity contribution in [2.24, 2.45) is 0 Å². The zero-order valence-electron chi connectivity index (χ0n) is 9.08. The first-order valence-corrected chi connectivity index (χ1v) is 4.81. The van der Waals surface area contributed by atoms with Crippen molar-refractivity contribution in [1.82, 2.24) is 0 Å². The van der Waals surface area contributed by atoms with E-state index in [2.05, 4.69) is 9.47 Å². The zero-order chi connectivity index (χ0) is 11.7. The van der Waals surface area contributed by atoms with Gasteiger partial charge in [-0.05, 0) is 12.8 Å². The quantitative estimate of drug-likeness (QED) is 0.466. The number of hydrogen-bond donors (Lipinski definition) is 0. The van der Waals surface area contributed by atoms with Crippen LogP contribution in [0, 0.1) is 0 Å². The van der Waals surface area contributed by atoms with Gasteiger partial charge in [0.15, 0.2) is 5.78 Å². The number of unbranched alkanes of at least 4 members (excludes halogenated alkanes) is 1. The molecule has 0 N–H and O–H groups in total. The van der Waals surface area contributed by atoms with Crippen molar-refractivity contribution in [2.75, 3.05) is 13.2 Å². The number of esters is 2. The van der Waals surface area contributed by atoms with E-state index in [0.717, 1.165) is 0 Å². The zero-order valence-corrected chi connectivity index (χ0v) is 9.08. The molecule has 0 atom stereocenters. The fourth-order valence-corrected chi connectivity index (χ4v) is 0.894. The van der Waals surface area contributed by atoms with E-state index in [0.29, 0.717) is 25.9 Å². The molecule has 0 radical (unpaired) electrons. The molecule has 0 spiro atoms. The second-order valence-electron chi connectivity index (χ2n) is 3.12. The van der Waals surface area contributed by atoms with Crippen molar-refractivity contribution in [1.29, 1.82) is 0 Å². The molecule has 86 valence electrons. The molecular weight excluding hydrogens is 200 g/mol. The van der Waals surface area contributed by atoms with Gasteiger partial charge in [-0.3, -0.25) is 14.4 Å². The number of Topliss-reactive ketones (excluding diaryl/α,β-unsaturated/α-hetero) is 1. The number of rotatable bonds is 7. The predicted octanol–water partition coefficient (Wildman–Crippen LogP) is 0.852. The van der Waals surface area contributed by atoms with Crippen molar-refractivity contribution in [3.63, 3.8) is 0 Å². The molecule has 0 rings (SSSR count). The van der Waals surface area contributed by atoms with Crippen molar-refractivity contribution in [2.45, 2.75) is 33.1 Å². The maximum atomic E-state index is 11.1. The second kappa shape index (κ2) is 7.96. The van der Waals surface area contributed by atoms with E-state index in [4.69, 9.17) is 0 Å². The molecule has 0 aliphatic heterocycles. The molecule has 0 saturated heterocycles. The lowest BCUT2D eigenvalue weighted by Crippen LogP contribution is -2.11. The Morgan fingerprint density at radius 3 is 2.07 bits per heavy atom. The maximum Gasteiger partial charge on any atom is 0.303 e. The molecule has 0 aliphatic rings. The van der Waals surface area contributed by atoms with Gasteiger partial charge >= 0.3 is 11.9 Å². The minimum Gasteiger partial charge on any atom is -0.466 e. The Balaban J connectivity index is 3.31. The van der Waals surface area contributed by atoms with E-state index >= 15 is 0 Å². The Labute approximate surface area is 88.7 Å². The summed E-state index contributed by atoms with van der Waals surface area (Å²) in [6.45, 7) is 2.76. The first-order valence-electron chi connectivity index (χ1n) is 4.81. The summed E-state index contributed by atoms with van der Waals surface area (Å²) in [6, 6.07) is 0. The minimum absolute atomic E-state index is 0.118. The van der Waals surface area contributed by atoms with Crippen molar-refractivity contribution in [3.05, 3.63) is 0 Å². The molecule has 5 nitrogen and oxygen atoms in total. The van der Waals surface area contributed by atoms with Gasteiger partial charge in [-0.25, -0.2) is 0 Å². The smallest absolute Gasteiger partial charge is 0.303 e. The highest BCUT2D eigenvalue weighted by Crippen LogP contribution is 1.98. The summed E-state index contributed by atoms with van der Waals surface area (Å²) >= 11 is 0. The van der Waals surface area contributed by atoms with Gasteiger partial charge < -0.3 is 9.47 Å². The summed E-state index contributed by atoms with van der Waals surface area (Å²) in [5.74, 6) is -0.891. The van der Waals surface area contributed by atoms with Gasteiger partial charge in [0.05, 0.1) is 6.61 Å². The highest BCUT2D eigenvalue weighted by molar-refractivity contribution is 5.81.